The maximum Gasteiger partial charge on any atom is 0.164 e. The van der Waals surface area contributed by atoms with E-state index in [1.165, 1.54) is 12.8 Å². The maximum atomic E-state index is 12.0. The Kier molecular flexibility index (Phi) is 6.40. The van der Waals surface area contributed by atoms with Gasteiger partial charge in [0.2, 0.25) is 0 Å². The summed E-state index contributed by atoms with van der Waals surface area (Å²) in [6, 6.07) is 7.26. The van der Waals surface area contributed by atoms with Gasteiger partial charge in [0.1, 0.15) is 12.4 Å². The molecule has 0 bridgehead atoms. The van der Waals surface area contributed by atoms with Gasteiger partial charge in [-0.1, -0.05) is 37.8 Å². The van der Waals surface area contributed by atoms with Crippen molar-refractivity contribution in [2.45, 2.75) is 50.5 Å². The summed E-state index contributed by atoms with van der Waals surface area (Å²) in [5, 5.41) is 13.6. The van der Waals surface area contributed by atoms with Crippen LogP contribution in [-0.4, -0.2) is 36.7 Å². The molecule has 2 N–H and O–H groups in total. The van der Waals surface area contributed by atoms with Crippen molar-refractivity contribution in [1.82, 2.24) is 5.32 Å². The largest absolute Gasteiger partial charge is 0.491 e. The van der Waals surface area contributed by atoms with E-state index in [-0.39, 0.29) is 5.78 Å². The first-order chi connectivity index (χ1) is 10.6. The van der Waals surface area contributed by atoms with Crippen molar-refractivity contribution in [3.63, 3.8) is 0 Å². The van der Waals surface area contributed by atoms with Crippen LogP contribution >= 0.6 is 0 Å². The fourth-order valence-electron chi connectivity index (χ4n) is 2.89. The number of hydrogen-bond donors (Lipinski definition) is 2. The van der Waals surface area contributed by atoms with Crippen molar-refractivity contribution in [3.05, 3.63) is 29.8 Å². The summed E-state index contributed by atoms with van der Waals surface area (Å²) in [5.41, 5.74) is -0.0524. The third-order valence-electron chi connectivity index (χ3n) is 4.30. The second kappa shape index (κ2) is 8.30. The van der Waals surface area contributed by atoms with E-state index in [2.05, 4.69) is 5.32 Å². The highest BCUT2D eigenvalue weighted by Crippen LogP contribution is 2.28. The third-order valence-corrected chi connectivity index (χ3v) is 4.30. The molecule has 4 nitrogen and oxygen atoms in total. The molecule has 1 aromatic rings. The minimum Gasteiger partial charge on any atom is -0.491 e. The molecule has 122 valence electrons. The summed E-state index contributed by atoms with van der Waals surface area (Å²) < 4.78 is 5.78. The van der Waals surface area contributed by atoms with Gasteiger partial charge in [0.05, 0.1) is 5.60 Å². The van der Waals surface area contributed by atoms with Gasteiger partial charge in [0.25, 0.3) is 0 Å². The van der Waals surface area contributed by atoms with Crippen LogP contribution in [0.3, 0.4) is 0 Å². The summed E-state index contributed by atoms with van der Waals surface area (Å²) in [6.45, 7) is 0.977. The number of Topliss-reactive ketones (excluding diaryl/α,β-unsaturated/α-hetero) is 1. The van der Waals surface area contributed by atoms with Crippen molar-refractivity contribution >= 4 is 5.78 Å². The van der Waals surface area contributed by atoms with E-state index in [1.54, 1.807) is 6.07 Å². The number of nitrogens with one attached hydrogen (secondary N) is 1. The Morgan fingerprint density at radius 3 is 2.68 bits per heavy atom. The SMILES string of the molecule is CNCCC(=O)c1cccc(OCC2(O)CCCCCC2)c1. The zero-order valence-corrected chi connectivity index (χ0v) is 13.4. The van der Waals surface area contributed by atoms with Crippen molar-refractivity contribution < 1.29 is 14.6 Å². The second-order valence-corrected chi connectivity index (χ2v) is 6.23. The summed E-state index contributed by atoms with van der Waals surface area (Å²) in [4.78, 5) is 12.0. The molecule has 0 radical (unpaired) electrons. The lowest BCUT2D eigenvalue weighted by Crippen LogP contribution is -2.35. The number of ketones is 1. The smallest absolute Gasteiger partial charge is 0.164 e. The lowest BCUT2D eigenvalue weighted by atomic mass is 9.96. The molecule has 0 spiro atoms. The van der Waals surface area contributed by atoms with E-state index in [9.17, 15) is 9.90 Å². The molecule has 4 heteroatoms. The number of benzene rings is 1. The number of rotatable bonds is 7. The molecular formula is C18H27NO3. The Morgan fingerprint density at radius 1 is 1.27 bits per heavy atom. The minimum atomic E-state index is -0.720. The molecule has 1 saturated carbocycles. The van der Waals surface area contributed by atoms with Gasteiger partial charge in [-0.3, -0.25) is 4.79 Å². The van der Waals surface area contributed by atoms with Crippen LogP contribution in [0.25, 0.3) is 0 Å². The zero-order chi connectivity index (χ0) is 15.8. The van der Waals surface area contributed by atoms with Gasteiger partial charge in [0.15, 0.2) is 5.78 Å². The van der Waals surface area contributed by atoms with E-state index in [0.29, 0.717) is 30.9 Å². The predicted octanol–water partition coefficient (Wildman–Crippen LogP) is 2.94. The van der Waals surface area contributed by atoms with Gasteiger partial charge < -0.3 is 15.2 Å². The molecule has 0 amide bonds. The number of aliphatic hydroxyl groups is 1. The molecule has 1 aliphatic carbocycles. The average Bonchev–Trinajstić information content (AvgIpc) is 2.76. The van der Waals surface area contributed by atoms with E-state index < -0.39 is 5.60 Å². The summed E-state index contributed by atoms with van der Waals surface area (Å²) in [7, 11) is 1.83. The van der Waals surface area contributed by atoms with Crippen LogP contribution in [0.15, 0.2) is 24.3 Å². The van der Waals surface area contributed by atoms with E-state index in [1.807, 2.05) is 25.2 Å². The molecule has 22 heavy (non-hydrogen) atoms. The quantitative estimate of drug-likeness (QED) is 0.601. The van der Waals surface area contributed by atoms with Crippen LogP contribution in [0, 0.1) is 0 Å². The first-order valence-corrected chi connectivity index (χ1v) is 8.26. The molecule has 2 rings (SSSR count). The van der Waals surface area contributed by atoms with Gasteiger partial charge >= 0.3 is 0 Å². The van der Waals surface area contributed by atoms with Gasteiger partial charge in [-0.2, -0.15) is 0 Å². The second-order valence-electron chi connectivity index (χ2n) is 6.23. The lowest BCUT2D eigenvalue weighted by molar-refractivity contribution is -0.0173. The monoisotopic (exact) mass is 305 g/mol. The molecule has 1 aromatic carbocycles. The van der Waals surface area contributed by atoms with E-state index >= 15 is 0 Å². The molecular weight excluding hydrogens is 278 g/mol. The number of ether oxygens (including phenoxy) is 1. The summed E-state index contributed by atoms with van der Waals surface area (Å²) >= 11 is 0. The van der Waals surface area contributed by atoms with Crippen LogP contribution in [0.4, 0.5) is 0 Å². The van der Waals surface area contributed by atoms with Crippen molar-refractivity contribution in [2.24, 2.45) is 0 Å². The summed E-state index contributed by atoms with van der Waals surface area (Å²) in [6.07, 6.45) is 6.58. The van der Waals surface area contributed by atoms with Crippen molar-refractivity contribution in [1.29, 1.82) is 0 Å². The van der Waals surface area contributed by atoms with E-state index in [0.717, 1.165) is 25.7 Å². The molecule has 1 fully saturated rings. The molecule has 0 unspecified atom stereocenters. The average molecular weight is 305 g/mol. The van der Waals surface area contributed by atoms with Gasteiger partial charge in [-0.05, 0) is 32.0 Å². The molecule has 1 aliphatic rings. The van der Waals surface area contributed by atoms with E-state index in [4.69, 9.17) is 4.74 Å². The number of carbonyl (C=O) groups is 1. The highest BCUT2D eigenvalue weighted by molar-refractivity contribution is 5.96. The lowest BCUT2D eigenvalue weighted by Gasteiger charge is -2.26. The van der Waals surface area contributed by atoms with Crippen LogP contribution in [0.5, 0.6) is 5.75 Å². The number of carbonyl (C=O) groups excluding carboxylic acids is 1. The Hall–Kier alpha value is -1.39. The van der Waals surface area contributed by atoms with Crippen LogP contribution < -0.4 is 10.1 Å². The highest BCUT2D eigenvalue weighted by atomic mass is 16.5. The Morgan fingerprint density at radius 2 is 2.00 bits per heavy atom. The topological polar surface area (TPSA) is 58.6 Å². The first-order valence-electron chi connectivity index (χ1n) is 8.26. The fraction of sp³-hybridized carbons (Fsp3) is 0.611. The number of hydrogen-bond acceptors (Lipinski definition) is 4. The first kappa shape index (κ1) is 17.0. The van der Waals surface area contributed by atoms with Crippen LogP contribution in [0.1, 0.15) is 55.3 Å². The molecule has 0 heterocycles. The Bertz CT molecular complexity index is 479. The maximum absolute atomic E-state index is 12.0. The van der Waals surface area contributed by atoms with Gasteiger partial charge in [-0.25, -0.2) is 0 Å². The Balaban J connectivity index is 1.93. The highest BCUT2D eigenvalue weighted by Gasteiger charge is 2.28. The van der Waals surface area contributed by atoms with Crippen molar-refractivity contribution in [2.75, 3.05) is 20.2 Å². The zero-order valence-electron chi connectivity index (χ0n) is 13.4. The van der Waals surface area contributed by atoms with Gasteiger partial charge in [-0.15, -0.1) is 0 Å². The van der Waals surface area contributed by atoms with Crippen LogP contribution in [-0.2, 0) is 0 Å². The molecule has 0 saturated heterocycles. The summed E-state index contributed by atoms with van der Waals surface area (Å²) in [5.74, 6) is 0.765. The molecule has 0 aromatic heterocycles. The normalized spacial score (nSPS) is 17.7. The molecule has 0 aliphatic heterocycles. The van der Waals surface area contributed by atoms with Gasteiger partial charge in [0, 0.05) is 18.5 Å². The Labute approximate surface area is 132 Å². The van der Waals surface area contributed by atoms with Crippen molar-refractivity contribution in [3.8, 4) is 5.75 Å². The standard InChI is InChI=1S/C18H27NO3/c1-19-12-9-17(20)15-7-6-8-16(13-15)22-14-18(21)10-4-2-3-5-11-18/h6-8,13,19,21H,2-5,9-12,14H2,1H3. The third kappa shape index (κ3) is 5.11. The predicted molar refractivity (Wildman–Crippen MR) is 87.5 cm³/mol. The molecule has 0 atom stereocenters. The fourth-order valence-corrected chi connectivity index (χ4v) is 2.89. The van der Waals surface area contributed by atoms with Crippen LogP contribution in [0.2, 0.25) is 0 Å². The minimum absolute atomic E-state index is 0.105.